The number of hydrogen-bond acceptors (Lipinski definition) is 5. The number of ether oxygens (including phenoxy) is 2. The van der Waals surface area contributed by atoms with Crippen LogP contribution in [0.15, 0.2) is 0 Å². The summed E-state index contributed by atoms with van der Waals surface area (Å²) in [7, 11) is 0. The van der Waals surface area contributed by atoms with Crippen LogP contribution in [0.4, 0.5) is 0 Å². The first kappa shape index (κ1) is 32.1. The monoisotopic (exact) mass is 496 g/mol. The lowest BCUT2D eigenvalue weighted by Crippen LogP contribution is -2.52. The lowest BCUT2D eigenvalue weighted by atomic mass is 9.79. The van der Waals surface area contributed by atoms with Crippen LogP contribution in [0.3, 0.4) is 0 Å². The molecular weight excluding hydrogens is 440 g/mol. The highest BCUT2D eigenvalue weighted by Gasteiger charge is 2.46. The van der Waals surface area contributed by atoms with Crippen LogP contribution in [0.2, 0.25) is 0 Å². The third-order valence-electron chi connectivity index (χ3n) is 8.16. The number of esters is 1. The lowest BCUT2D eigenvalue weighted by Gasteiger charge is -2.35. The third kappa shape index (κ3) is 10.5. The van der Waals surface area contributed by atoms with Crippen molar-refractivity contribution in [2.45, 2.75) is 150 Å². The first-order chi connectivity index (χ1) is 16.7. The molecule has 1 saturated carbocycles. The van der Waals surface area contributed by atoms with Gasteiger partial charge in [0.2, 0.25) is 0 Å². The van der Waals surface area contributed by atoms with E-state index in [0.717, 1.165) is 51.4 Å². The second kappa shape index (κ2) is 16.7. The van der Waals surface area contributed by atoms with Crippen LogP contribution in [-0.4, -0.2) is 41.8 Å². The molecule has 1 N–H and O–H groups in total. The Kier molecular flexibility index (Phi) is 15.3. The van der Waals surface area contributed by atoms with E-state index in [1.165, 1.54) is 32.1 Å². The van der Waals surface area contributed by atoms with Crippen molar-refractivity contribution in [2.75, 3.05) is 13.2 Å². The van der Waals surface area contributed by atoms with Crippen molar-refractivity contribution < 1.29 is 24.2 Å². The fourth-order valence-electron chi connectivity index (χ4n) is 5.70. The molecule has 0 bridgehead atoms. The van der Waals surface area contributed by atoms with Crippen LogP contribution in [0.5, 0.6) is 0 Å². The molecule has 206 valence electrons. The maximum atomic E-state index is 12.7. The number of hydrogen-bond donors (Lipinski definition) is 1. The zero-order valence-corrected chi connectivity index (χ0v) is 23.8. The normalized spacial score (nSPS) is 21.2. The van der Waals surface area contributed by atoms with E-state index in [-0.39, 0.29) is 12.5 Å². The van der Waals surface area contributed by atoms with Gasteiger partial charge in [0.1, 0.15) is 5.78 Å². The van der Waals surface area contributed by atoms with Gasteiger partial charge in [-0.15, -0.1) is 0 Å². The van der Waals surface area contributed by atoms with Gasteiger partial charge < -0.3 is 14.6 Å². The number of unbranched alkanes of at least 4 members (excludes halogenated alkanes) is 3. The molecule has 5 heteroatoms. The molecular formula is C30H56O5. The van der Waals surface area contributed by atoms with Gasteiger partial charge >= 0.3 is 5.97 Å². The van der Waals surface area contributed by atoms with E-state index in [0.29, 0.717) is 36.6 Å². The van der Waals surface area contributed by atoms with Crippen molar-refractivity contribution >= 4 is 11.8 Å². The fourth-order valence-corrected chi connectivity index (χ4v) is 5.70. The summed E-state index contributed by atoms with van der Waals surface area (Å²) in [5.41, 5.74) is -0.893. The van der Waals surface area contributed by atoms with Crippen molar-refractivity contribution in [3.05, 3.63) is 0 Å². The lowest BCUT2D eigenvalue weighted by molar-refractivity contribution is -0.191. The average Bonchev–Trinajstić information content (AvgIpc) is 3.17. The maximum Gasteiger partial charge on any atom is 0.341 e. The van der Waals surface area contributed by atoms with E-state index in [9.17, 15) is 14.7 Å². The molecule has 5 nitrogen and oxygen atoms in total. The maximum absolute atomic E-state index is 12.7. The first-order valence-corrected chi connectivity index (χ1v) is 14.7. The Labute approximate surface area is 216 Å². The van der Waals surface area contributed by atoms with Gasteiger partial charge in [-0.2, -0.15) is 0 Å². The summed E-state index contributed by atoms with van der Waals surface area (Å²) in [6.07, 6.45) is 13.5. The van der Waals surface area contributed by atoms with Crippen LogP contribution in [0.25, 0.3) is 0 Å². The fraction of sp³-hybridized carbons (Fsp3) is 0.933. The summed E-state index contributed by atoms with van der Waals surface area (Å²) >= 11 is 0. The summed E-state index contributed by atoms with van der Waals surface area (Å²) in [6.45, 7) is 13.4. The topological polar surface area (TPSA) is 72.8 Å². The molecule has 1 aliphatic rings. The Balaban J connectivity index is 2.56. The van der Waals surface area contributed by atoms with Gasteiger partial charge in [0.05, 0.1) is 12.7 Å². The van der Waals surface area contributed by atoms with E-state index in [1.54, 1.807) is 6.92 Å². The molecule has 2 unspecified atom stereocenters. The van der Waals surface area contributed by atoms with Gasteiger partial charge in [-0.25, -0.2) is 4.79 Å². The molecule has 4 atom stereocenters. The second-order valence-corrected chi connectivity index (χ2v) is 11.5. The molecule has 0 aromatic rings. The Morgan fingerprint density at radius 1 is 1.00 bits per heavy atom. The molecule has 0 aromatic carbocycles. The Morgan fingerprint density at radius 3 is 2.31 bits per heavy atom. The predicted molar refractivity (Wildman–Crippen MR) is 143 cm³/mol. The van der Waals surface area contributed by atoms with Gasteiger partial charge in [-0.05, 0) is 69.6 Å². The molecule has 1 rings (SSSR count). The zero-order chi connectivity index (χ0) is 26.3. The van der Waals surface area contributed by atoms with E-state index in [1.807, 2.05) is 6.92 Å². The van der Waals surface area contributed by atoms with Crippen molar-refractivity contribution in [3.63, 3.8) is 0 Å². The molecule has 1 fully saturated rings. The molecule has 1 aliphatic carbocycles. The van der Waals surface area contributed by atoms with Crippen LogP contribution in [0.1, 0.15) is 138 Å². The predicted octanol–water partition coefficient (Wildman–Crippen LogP) is 7.42. The van der Waals surface area contributed by atoms with Gasteiger partial charge in [0.15, 0.2) is 5.60 Å². The minimum atomic E-state index is -1.29. The van der Waals surface area contributed by atoms with E-state index >= 15 is 0 Å². The first-order valence-electron chi connectivity index (χ1n) is 14.7. The Morgan fingerprint density at radius 2 is 1.69 bits per heavy atom. The highest BCUT2D eigenvalue weighted by Crippen LogP contribution is 2.38. The van der Waals surface area contributed by atoms with Crippen LogP contribution in [-0.2, 0) is 19.1 Å². The summed E-state index contributed by atoms with van der Waals surface area (Å²) < 4.78 is 11.3. The summed E-state index contributed by atoms with van der Waals surface area (Å²) in [4.78, 5) is 25.3. The number of aliphatic hydroxyl groups is 1. The van der Waals surface area contributed by atoms with Crippen LogP contribution < -0.4 is 0 Å². The van der Waals surface area contributed by atoms with Gasteiger partial charge in [-0.1, -0.05) is 73.1 Å². The number of carbonyl (C=O) groups excluding carboxylic acids is 2. The quantitative estimate of drug-likeness (QED) is 0.140. The smallest absolute Gasteiger partial charge is 0.341 e. The van der Waals surface area contributed by atoms with Gasteiger partial charge in [-0.3, -0.25) is 4.79 Å². The van der Waals surface area contributed by atoms with Crippen LogP contribution >= 0.6 is 0 Å². The highest BCUT2D eigenvalue weighted by atomic mass is 16.6. The molecule has 0 saturated heterocycles. The SMILES string of the molecule is CCCCOC(CC)(C(=O)OCC)C(O)CCCC[C@H]1C(=O)CC[C@@H]1CCCC(C)(C)CCCC. The number of carbonyl (C=O) groups is 2. The van der Waals surface area contributed by atoms with E-state index < -0.39 is 17.7 Å². The van der Waals surface area contributed by atoms with Gasteiger partial charge in [0, 0.05) is 18.9 Å². The largest absolute Gasteiger partial charge is 0.464 e. The molecule has 0 spiro atoms. The van der Waals surface area contributed by atoms with E-state index in [2.05, 4.69) is 27.7 Å². The van der Waals surface area contributed by atoms with Gasteiger partial charge in [0.25, 0.3) is 0 Å². The van der Waals surface area contributed by atoms with Crippen molar-refractivity contribution in [1.82, 2.24) is 0 Å². The minimum absolute atomic E-state index is 0.174. The molecule has 0 heterocycles. The van der Waals surface area contributed by atoms with Crippen LogP contribution in [0, 0.1) is 17.3 Å². The summed E-state index contributed by atoms with van der Waals surface area (Å²) in [5, 5.41) is 11.0. The Bertz CT molecular complexity index is 602. The summed E-state index contributed by atoms with van der Waals surface area (Å²) in [6, 6.07) is 0. The minimum Gasteiger partial charge on any atom is -0.464 e. The molecule has 0 aromatic heterocycles. The van der Waals surface area contributed by atoms with Crippen molar-refractivity contribution in [3.8, 4) is 0 Å². The number of rotatable bonds is 20. The third-order valence-corrected chi connectivity index (χ3v) is 8.16. The highest BCUT2D eigenvalue weighted by molar-refractivity contribution is 5.83. The van der Waals surface area contributed by atoms with Crippen molar-refractivity contribution in [2.24, 2.45) is 17.3 Å². The molecule has 0 aliphatic heterocycles. The average molecular weight is 497 g/mol. The number of aliphatic hydroxyl groups excluding tert-OH is 1. The molecule has 35 heavy (non-hydrogen) atoms. The molecule has 0 radical (unpaired) electrons. The van der Waals surface area contributed by atoms with E-state index in [4.69, 9.17) is 9.47 Å². The molecule has 0 amide bonds. The zero-order valence-electron chi connectivity index (χ0n) is 23.8. The summed E-state index contributed by atoms with van der Waals surface area (Å²) in [5.74, 6) is 0.658. The van der Waals surface area contributed by atoms with Crippen molar-refractivity contribution in [1.29, 1.82) is 0 Å². The number of ketones is 1. The Hall–Kier alpha value is -0.940. The standard InChI is InChI=1S/C30H56O5/c1-7-11-21-29(5,6)22-15-16-24-19-20-26(31)25(24)17-13-14-18-27(32)30(9-3,28(33)34-10-4)35-23-12-8-2/h24-25,27,32H,7-23H2,1-6H3/t24-,25+,27?,30?/m0/s1. The second-order valence-electron chi connectivity index (χ2n) is 11.5. The number of Topliss-reactive ketones (excluding diaryl/α,β-unsaturated/α-hetero) is 1.